The maximum Gasteiger partial charge on any atom is 0.222 e. The second kappa shape index (κ2) is 7.94. The van der Waals surface area contributed by atoms with Gasteiger partial charge >= 0.3 is 0 Å². The van der Waals surface area contributed by atoms with Crippen LogP contribution in [-0.2, 0) is 4.79 Å². The Morgan fingerprint density at radius 3 is 2.70 bits per heavy atom. The van der Waals surface area contributed by atoms with Crippen molar-refractivity contribution in [1.82, 2.24) is 4.90 Å². The molecule has 1 N–H and O–H groups in total. The number of hydrogen-bond acceptors (Lipinski definition) is 2. The van der Waals surface area contributed by atoms with E-state index < -0.39 is 0 Å². The van der Waals surface area contributed by atoms with Crippen molar-refractivity contribution >= 4 is 5.91 Å². The third kappa shape index (κ3) is 3.38. The number of aliphatic hydroxyl groups is 1. The highest BCUT2D eigenvalue weighted by Gasteiger charge is 2.58. The summed E-state index contributed by atoms with van der Waals surface area (Å²) in [6.07, 6.45) is 17.9. The first-order valence-corrected chi connectivity index (χ1v) is 13.1. The smallest absolute Gasteiger partial charge is 0.222 e. The van der Waals surface area contributed by atoms with Gasteiger partial charge in [0.05, 0.1) is 6.10 Å². The number of aliphatic hydroxyl groups excluding tert-OH is 1. The second-order valence-electron chi connectivity index (χ2n) is 12.0. The number of allylic oxidation sites excluding steroid dienone is 1. The number of carbonyl (C=O) groups is 1. The quantitative estimate of drug-likeness (QED) is 0.599. The maximum absolute atomic E-state index is 12.5. The zero-order valence-electron chi connectivity index (χ0n) is 19.4. The lowest BCUT2D eigenvalue weighted by atomic mass is 9.47. The van der Waals surface area contributed by atoms with E-state index in [0.717, 1.165) is 62.4 Å². The molecule has 0 aromatic rings. The summed E-state index contributed by atoms with van der Waals surface area (Å²) in [5.74, 6) is 3.79. The number of likely N-dealkylation sites (tertiary alicyclic amines) is 1. The van der Waals surface area contributed by atoms with Crippen molar-refractivity contribution in [2.75, 3.05) is 13.1 Å². The van der Waals surface area contributed by atoms with Gasteiger partial charge in [-0.15, -0.1) is 0 Å². The summed E-state index contributed by atoms with van der Waals surface area (Å²) >= 11 is 0. The molecule has 3 saturated carbocycles. The summed E-state index contributed by atoms with van der Waals surface area (Å²) in [4.78, 5) is 14.6. The van der Waals surface area contributed by atoms with Gasteiger partial charge in [-0.2, -0.15) is 0 Å². The third-order valence-corrected chi connectivity index (χ3v) is 10.7. The zero-order chi connectivity index (χ0) is 20.9. The van der Waals surface area contributed by atoms with Crippen LogP contribution in [0.15, 0.2) is 11.6 Å². The van der Waals surface area contributed by atoms with Gasteiger partial charge in [0.25, 0.3) is 0 Å². The van der Waals surface area contributed by atoms with Crippen LogP contribution in [-0.4, -0.2) is 35.1 Å². The van der Waals surface area contributed by atoms with Crippen LogP contribution in [0.25, 0.3) is 0 Å². The molecule has 4 aliphatic carbocycles. The third-order valence-electron chi connectivity index (χ3n) is 10.7. The molecular weight excluding hydrogens is 370 g/mol. The Morgan fingerprint density at radius 2 is 1.90 bits per heavy atom. The van der Waals surface area contributed by atoms with Gasteiger partial charge in [-0.1, -0.05) is 25.5 Å². The first-order valence-electron chi connectivity index (χ1n) is 13.1. The molecule has 3 heteroatoms. The fourth-order valence-electron chi connectivity index (χ4n) is 8.85. The summed E-state index contributed by atoms with van der Waals surface area (Å²) in [6.45, 7) is 7.13. The molecular formula is C27H43NO2. The monoisotopic (exact) mass is 413 g/mol. The van der Waals surface area contributed by atoms with Crippen molar-refractivity contribution in [2.24, 2.45) is 34.5 Å². The van der Waals surface area contributed by atoms with Crippen molar-refractivity contribution in [2.45, 2.75) is 103 Å². The van der Waals surface area contributed by atoms with Crippen LogP contribution < -0.4 is 0 Å². The molecule has 0 unspecified atom stereocenters. The molecule has 1 aliphatic heterocycles. The van der Waals surface area contributed by atoms with Gasteiger partial charge in [-0.25, -0.2) is 0 Å². The number of rotatable bonds is 4. The summed E-state index contributed by atoms with van der Waals surface area (Å²) in [7, 11) is 0. The van der Waals surface area contributed by atoms with E-state index in [0.29, 0.717) is 16.7 Å². The van der Waals surface area contributed by atoms with Gasteiger partial charge < -0.3 is 10.0 Å². The Kier molecular flexibility index (Phi) is 5.57. The van der Waals surface area contributed by atoms with Gasteiger partial charge in [-0.05, 0) is 112 Å². The minimum atomic E-state index is -0.103. The average Bonchev–Trinajstić information content (AvgIpc) is 3.37. The van der Waals surface area contributed by atoms with E-state index in [9.17, 15) is 9.90 Å². The lowest BCUT2D eigenvalue weighted by molar-refractivity contribution is -0.130. The summed E-state index contributed by atoms with van der Waals surface area (Å²) in [5.41, 5.74) is 2.43. The predicted octanol–water partition coefficient (Wildman–Crippen LogP) is 5.72. The summed E-state index contributed by atoms with van der Waals surface area (Å²) in [5, 5.41) is 10.2. The van der Waals surface area contributed by atoms with E-state index in [1.54, 1.807) is 5.57 Å². The Labute approximate surface area is 183 Å². The first kappa shape index (κ1) is 21.0. The molecule has 5 rings (SSSR count). The van der Waals surface area contributed by atoms with Gasteiger partial charge in [0.15, 0.2) is 0 Å². The Bertz CT molecular complexity index is 695. The molecule has 0 bridgehead atoms. The van der Waals surface area contributed by atoms with Gasteiger partial charge in [0, 0.05) is 19.5 Å². The number of nitrogens with zero attached hydrogens (tertiary/aromatic N) is 1. The van der Waals surface area contributed by atoms with E-state index in [1.165, 1.54) is 57.8 Å². The number of hydrogen-bond donors (Lipinski definition) is 1. The van der Waals surface area contributed by atoms with Gasteiger partial charge in [0.2, 0.25) is 5.91 Å². The molecule has 30 heavy (non-hydrogen) atoms. The lowest BCUT2D eigenvalue weighted by Crippen LogP contribution is -2.50. The molecule has 1 saturated heterocycles. The van der Waals surface area contributed by atoms with Crippen LogP contribution >= 0.6 is 0 Å². The molecule has 1 heterocycles. The highest BCUT2D eigenvalue weighted by molar-refractivity contribution is 5.76. The number of amides is 1. The highest BCUT2D eigenvalue weighted by atomic mass is 16.3. The average molecular weight is 414 g/mol. The Morgan fingerprint density at radius 1 is 1.10 bits per heavy atom. The summed E-state index contributed by atoms with van der Waals surface area (Å²) < 4.78 is 0. The van der Waals surface area contributed by atoms with E-state index in [-0.39, 0.29) is 6.10 Å². The van der Waals surface area contributed by atoms with Crippen LogP contribution in [0.1, 0.15) is 97.3 Å². The lowest BCUT2D eigenvalue weighted by Gasteiger charge is -2.58. The molecule has 7 atom stereocenters. The van der Waals surface area contributed by atoms with Crippen molar-refractivity contribution < 1.29 is 9.90 Å². The summed E-state index contributed by atoms with van der Waals surface area (Å²) in [6, 6.07) is 0. The molecule has 168 valence electrons. The maximum atomic E-state index is 12.5. The SMILES string of the molecule is C[C@]12CC[C@H]3[C@@H](CC=C4C[C@@H](O)CC[C@@]43C)[C@@H]1CC[C@@H]2CCCC(=O)N1CCCC1. The minimum Gasteiger partial charge on any atom is -0.393 e. The molecule has 0 spiro atoms. The topological polar surface area (TPSA) is 40.5 Å². The molecule has 4 fully saturated rings. The normalized spacial score (nSPS) is 45.5. The molecule has 0 radical (unpaired) electrons. The van der Waals surface area contributed by atoms with Crippen molar-refractivity contribution in [1.29, 1.82) is 0 Å². The molecule has 1 amide bonds. The number of carbonyl (C=O) groups excluding carboxylic acids is 1. The molecule has 0 aromatic heterocycles. The van der Waals surface area contributed by atoms with Gasteiger partial charge in [0.1, 0.15) is 0 Å². The van der Waals surface area contributed by atoms with Crippen LogP contribution in [0.5, 0.6) is 0 Å². The highest BCUT2D eigenvalue weighted by Crippen LogP contribution is 2.66. The van der Waals surface area contributed by atoms with Crippen molar-refractivity contribution in [3.05, 3.63) is 11.6 Å². The van der Waals surface area contributed by atoms with Gasteiger partial charge in [-0.3, -0.25) is 4.79 Å². The van der Waals surface area contributed by atoms with Crippen LogP contribution in [0.4, 0.5) is 0 Å². The first-order chi connectivity index (χ1) is 14.4. The predicted molar refractivity (Wildman–Crippen MR) is 121 cm³/mol. The van der Waals surface area contributed by atoms with Crippen LogP contribution in [0, 0.1) is 34.5 Å². The standard InChI is InChI=1S/C27H43NO2/c1-26-15-13-24-22(10-8-20-18-21(29)12-14-27(20,24)2)23(26)11-9-19(26)6-5-7-25(30)28-16-3-4-17-28/h8,19,21-24,29H,3-7,9-18H2,1-2H3/t19-,21-,22-,23-,24-,26+,27-/m0/s1. The minimum absolute atomic E-state index is 0.103. The van der Waals surface area contributed by atoms with Crippen molar-refractivity contribution in [3.8, 4) is 0 Å². The van der Waals surface area contributed by atoms with Crippen molar-refractivity contribution in [3.63, 3.8) is 0 Å². The fraction of sp³-hybridized carbons (Fsp3) is 0.889. The molecule has 3 nitrogen and oxygen atoms in total. The van der Waals surface area contributed by atoms with E-state index in [4.69, 9.17) is 0 Å². The molecule has 0 aromatic carbocycles. The second-order valence-corrected chi connectivity index (χ2v) is 12.0. The Hall–Kier alpha value is -0.830. The fourth-order valence-corrected chi connectivity index (χ4v) is 8.85. The van der Waals surface area contributed by atoms with Crippen LogP contribution in [0.2, 0.25) is 0 Å². The number of fused-ring (bicyclic) bond motifs is 5. The zero-order valence-corrected chi connectivity index (χ0v) is 19.4. The largest absolute Gasteiger partial charge is 0.393 e. The van der Waals surface area contributed by atoms with E-state index >= 15 is 0 Å². The van der Waals surface area contributed by atoms with E-state index in [1.807, 2.05) is 0 Å². The van der Waals surface area contributed by atoms with Crippen LogP contribution in [0.3, 0.4) is 0 Å². The Balaban J connectivity index is 1.23. The molecule has 5 aliphatic rings. The van der Waals surface area contributed by atoms with E-state index in [2.05, 4.69) is 24.8 Å².